The molecule has 0 aliphatic carbocycles. The molecular weight excluding hydrogens is 254 g/mol. The van der Waals surface area contributed by atoms with Crippen molar-refractivity contribution < 1.29 is 4.74 Å². The Morgan fingerprint density at radius 2 is 2.27 bits per heavy atom. The van der Waals surface area contributed by atoms with Gasteiger partial charge in [0, 0.05) is 18.4 Å². The molecule has 0 amide bonds. The Hall–Kier alpha value is 0.400. The highest BCUT2D eigenvalue weighted by atomic mass is 79.9. The summed E-state index contributed by atoms with van der Waals surface area (Å²) in [5.41, 5.74) is 0. The van der Waals surface area contributed by atoms with Crippen LogP contribution in [-0.4, -0.2) is 42.6 Å². The first-order valence-electron chi connectivity index (χ1n) is 6.12. The third kappa shape index (κ3) is 5.88. The molecular formula is C12H24BrNO. The van der Waals surface area contributed by atoms with E-state index in [-0.39, 0.29) is 0 Å². The van der Waals surface area contributed by atoms with E-state index in [1.165, 1.54) is 32.4 Å². The predicted octanol–water partition coefficient (Wildman–Crippen LogP) is 2.91. The molecule has 0 radical (unpaired) electrons. The molecule has 90 valence electrons. The van der Waals surface area contributed by atoms with Crippen molar-refractivity contribution >= 4 is 15.9 Å². The molecule has 1 heterocycles. The monoisotopic (exact) mass is 277 g/mol. The second-order valence-electron chi connectivity index (χ2n) is 4.71. The van der Waals surface area contributed by atoms with Crippen LogP contribution in [0.1, 0.15) is 33.1 Å². The fraction of sp³-hybridized carbons (Fsp3) is 1.00. The number of ether oxygens (including phenoxy) is 1. The molecule has 0 aromatic heterocycles. The maximum absolute atomic E-state index is 5.59. The summed E-state index contributed by atoms with van der Waals surface area (Å²) < 4.78 is 5.59. The third-order valence-corrected chi connectivity index (χ3v) is 3.44. The lowest BCUT2D eigenvalue weighted by atomic mass is 9.96. The van der Waals surface area contributed by atoms with E-state index in [4.69, 9.17) is 4.74 Å². The summed E-state index contributed by atoms with van der Waals surface area (Å²) >= 11 is 3.53. The summed E-state index contributed by atoms with van der Waals surface area (Å²) in [6, 6.07) is 0. The summed E-state index contributed by atoms with van der Waals surface area (Å²) in [6.45, 7) is 8.73. The lowest BCUT2D eigenvalue weighted by Gasteiger charge is -2.32. The third-order valence-electron chi connectivity index (χ3n) is 2.98. The van der Waals surface area contributed by atoms with E-state index < -0.39 is 0 Å². The number of alkyl halides is 1. The van der Waals surface area contributed by atoms with Crippen molar-refractivity contribution in [3.05, 3.63) is 0 Å². The number of hydrogen-bond acceptors (Lipinski definition) is 2. The van der Waals surface area contributed by atoms with Crippen molar-refractivity contribution in [2.45, 2.75) is 39.2 Å². The maximum Gasteiger partial charge on any atom is 0.0596 e. The van der Waals surface area contributed by atoms with Gasteiger partial charge in [0.2, 0.25) is 0 Å². The van der Waals surface area contributed by atoms with Crippen LogP contribution in [0.15, 0.2) is 0 Å². The largest absolute Gasteiger partial charge is 0.377 e. The Morgan fingerprint density at radius 3 is 2.93 bits per heavy atom. The van der Waals surface area contributed by atoms with Gasteiger partial charge in [-0.3, -0.25) is 0 Å². The maximum atomic E-state index is 5.59. The van der Waals surface area contributed by atoms with Gasteiger partial charge in [0.1, 0.15) is 0 Å². The van der Waals surface area contributed by atoms with E-state index >= 15 is 0 Å². The average Bonchev–Trinajstić information content (AvgIpc) is 2.18. The van der Waals surface area contributed by atoms with Crippen molar-refractivity contribution in [2.75, 3.05) is 31.6 Å². The van der Waals surface area contributed by atoms with Crippen LogP contribution in [-0.2, 0) is 4.74 Å². The molecule has 3 heteroatoms. The molecule has 15 heavy (non-hydrogen) atoms. The Bertz CT molecular complexity index is 162. The molecule has 1 unspecified atom stereocenters. The lowest BCUT2D eigenvalue weighted by molar-refractivity contribution is 0.0486. The molecule has 0 saturated carbocycles. The van der Waals surface area contributed by atoms with Gasteiger partial charge in [0.15, 0.2) is 0 Å². The summed E-state index contributed by atoms with van der Waals surface area (Å²) in [5, 5.41) is 1.15. The van der Waals surface area contributed by atoms with Crippen LogP contribution < -0.4 is 0 Å². The predicted molar refractivity (Wildman–Crippen MR) is 68.7 cm³/mol. The smallest absolute Gasteiger partial charge is 0.0596 e. The Kier molecular flexibility index (Phi) is 6.86. The molecule has 0 bridgehead atoms. The molecule has 1 aliphatic rings. The molecule has 2 nitrogen and oxygen atoms in total. The summed E-state index contributed by atoms with van der Waals surface area (Å²) in [7, 11) is 0. The van der Waals surface area contributed by atoms with Crippen LogP contribution in [0.2, 0.25) is 0 Å². The van der Waals surface area contributed by atoms with Crippen molar-refractivity contribution in [3.63, 3.8) is 0 Å². The van der Waals surface area contributed by atoms with Crippen LogP contribution >= 0.6 is 15.9 Å². The first-order chi connectivity index (χ1) is 7.22. The average molecular weight is 278 g/mol. The molecule has 0 aromatic carbocycles. The minimum Gasteiger partial charge on any atom is -0.377 e. The molecule has 0 N–H and O–H groups in total. The number of rotatable bonds is 6. The van der Waals surface area contributed by atoms with Gasteiger partial charge < -0.3 is 9.64 Å². The fourth-order valence-electron chi connectivity index (χ4n) is 2.16. The highest BCUT2D eigenvalue weighted by molar-refractivity contribution is 9.09. The van der Waals surface area contributed by atoms with Crippen LogP contribution in [0.3, 0.4) is 0 Å². The second kappa shape index (κ2) is 7.64. The first-order valence-corrected chi connectivity index (χ1v) is 7.24. The summed E-state index contributed by atoms with van der Waals surface area (Å²) in [4.78, 5) is 2.55. The Morgan fingerprint density at radius 1 is 1.47 bits per heavy atom. The van der Waals surface area contributed by atoms with E-state index in [0.29, 0.717) is 6.10 Å². The standard InChI is InChI=1S/C12H24BrNO/c1-11(2)15-9-8-14-7-3-4-12(10-14)5-6-13/h11-12H,3-10H2,1-2H3. The van der Waals surface area contributed by atoms with Gasteiger partial charge in [-0.2, -0.15) is 0 Å². The van der Waals surface area contributed by atoms with Crippen molar-refractivity contribution in [1.29, 1.82) is 0 Å². The Balaban J connectivity index is 2.12. The zero-order valence-corrected chi connectivity index (χ0v) is 11.6. The zero-order valence-electron chi connectivity index (χ0n) is 10.0. The number of halogens is 1. The van der Waals surface area contributed by atoms with Gasteiger partial charge in [0.05, 0.1) is 12.7 Å². The van der Waals surface area contributed by atoms with Gasteiger partial charge in [-0.25, -0.2) is 0 Å². The first kappa shape index (κ1) is 13.5. The Labute approximate surface area is 102 Å². The van der Waals surface area contributed by atoms with Gasteiger partial charge in [-0.1, -0.05) is 15.9 Å². The molecule has 1 atom stereocenters. The van der Waals surface area contributed by atoms with Crippen LogP contribution in [0, 0.1) is 5.92 Å². The van der Waals surface area contributed by atoms with Crippen molar-refractivity contribution in [3.8, 4) is 0 Å². The quantitative estimate of drug-likeness (QED) is 0.693. The minimum absolute atomic E-state index is 0.369. The van der Waals surface area contributed by atoms with E-state index in [2.05, 4.69) is 34.7 Å². The topological polar surface area (TPSA) is 12.5 Å². The van der Waals surface area contributed by atoms with Crippen LogP contribution in [0.4, 0.5) is 0 Å². The van der Waals surface area contributed by atoms with Crippen molar-refractivity contribution in [1.82, 2.24) is 4.90 Å². The molecule has 1 saturated heterocycles. The normalized spacial score (nSPS) is 23.6. The molecule has 1 fully saturated rings. The molecule has 1 aliphatic heterocycles. The SMILES string of the molecule is CC(C)OCCN1CCCC(CCBr)C1. The van der Waals surface area contributed by atoms with Crippen LogP contribution in [0.5, 0.6) is 0 Å². The highest BCUT2D eigenvalue weighted by Crippen LogP contribution is 2.19. The van der Waals surface area contributed by atoms with Gasteiger partial charge in [0.25, 0.3) is 0 Å². The minimum atomic E-state index is 0.369. The van der Waals surface area contributed by atoms with E-state index in [1.807, 2.05) is 0 Å². The van der Waals surface area contributed by atoms with Gasteiger partial charge in [-0.05, 0) is 45.6 Å². The van der Waals surface area contributed by atoms with Crippen LogP contribution in [0.25, 0.3) is 0 Å². The lowest BCUT2D eigenvalue weighted by Crippen LogP contribution is -2.37. The van der Waals surface area contributed by atoms with E-state index in [9.17, 15) is 0 Å². The van der Waals surface area contributed by atoms with E-state index in [1.54, 1.807) is 0 Å². The number of piperidine rings is 1. The van der Waals surface area contributed by atoms with Gasteiger partial charge >= 0.3 is 0 Å². The fourth-order valence-corrected chi connectivity index (χ4v) is 2.81. The summed E-state index contributed by atoms with van der Waals surface area (Å²) in [6.07, 6.45) is 4.46. The molecule has 0 spiro atoms. The molecule has 1 rings (SSSR count). The zero-order chi connectivity index (χ0) is 11.1. The van der Waals surface area contributed by atoms with Crippen molar-refractivity contribution in [2.24, 2.45) is 5.92 Å². The second-order valence-corrected chi connectivity index (χ2v) is 5.50. The van der Waals surface area contributed by atoms with E-state index in [0.717, 1.165) is 24.4 Å². The molecule has 0 aromatic rings. The van der Waals surface area contributed by atoms with Gasteiger partial charge in [-0.15, -0.1) is 0 Å². The summed E-state index contributed by atoms with van der Waals surface area (Å²) in [5.74, 6) is 0.900. The highest BCUT2D eigenvalue weighted by Gasteiger charge is 2.18. The number of nitrogens with zero attached hydrogens (tertiary/aromatic N) is 1. The number of likely N-dealkylation sites (tertiary alicyclic amines) is 1. The number of hydrogen-bond donors (Lipinski definition) is 0.